The Morgan fingerprint density at radius 3 is 3.06 bits per heavy atom. The first kappa shape index (κ1) is 12.0. The van der Waals surface area contributed by atoms with Crippen LogP contribution in [0.25, 0.3) is 0 Å². The molecule has 1 aromatic carbocycles. The van der Waals surface area contributed by atoms with E-state index in [0.717, 1.165) is 17.5 Å². The van der Waals surface area contributed by atoms with Crippen molar-refractivity contribution in [2.24, 2.45) is 0 Å². The van der Waals surface area contributed by atoms with Crippen LogP contribution in [0.15, 0.2) is 18.2 Å². The minimum atomic E-state index is -0.204. The molecule has 3 nitrogen and oxygen atoms in total. The molecule has 2 N–H and O–H groups in total. The molecule has 1 unspecified atom stereocenters. The van der Waals surface area contributed by atoms with Gasteiger partial charge in [0.1, 0.15) is 5.82 Å². The van der Waals surface area contributed by atoms with Crippen LogP contribution in [0.4, 0.5) is 4.39 Å². The summed E-state index contributed by atoms with van der Waals surface area (Å²) in [7, 11) is 0. The largest absolute Gasteiger partial charge is 0.355 e. The lowest BCUT2D eigenvalue weighted by Gasteiger charge is -2.23. The lowest BCUT2D eigenvalue weighted by molar-refractivity contribution is -0.122. The van der Waals surface area contributed by atoms with Crippen LogP contribution in [0.3, 0.4) is 0 Å². The zero-order valence-corrected chi connectivity index (χ0v) is 9.92. The Hall–Kier alpha value is -1.42. The second-order valence-corrected chi connectivity index (χ2v) is 4.49. The van der Waals surface area contributed by atoms with E-state index in [-0.39, 0.29) is 17.8 Å². The summed E-state index contributed by atoms with van der Waals surface area (Å²) in [6.07, 6.45) is 1.42. The molecule has 1 heterocycles. The van der Waals surface area contributed by atoms with E-state index in [0.29, 0.717) is 19.5 Å². The lowest BCUT2D eigenvalue weighted by Crippen LogP contribution is -2.45. The van der Waals surface area contributed by atoms with Gasteiger partial charge in [-0.25, -0.2) is 4.39 Å². The van der Waals surface area contributed by atoms with E-state index in [9.17, 15) is 9.18 Å². The first-order chi connectivity index (χ1) is 8.15. The number of benzene rings is 1. The molecule has 0 aromatic heterocycles. The van der Waals surface area contributed by atoms with Crippen molar-refractivity contribution in [2.75, 3.05) is 6.54 Å². The highest BCUT2D eigenvalue weighted by Crippen LogP contribution is 2.11. The molecule has 1 aromatic rings. The highest BCUT2D eigenvalue weighted by atomic mass is 19.1. The number of piperidine rings is 1. The lowest BCUT2D eigenvalue weighted by atomic mass is 10.1. The fourth-order valence-electron chi connectivity index (χ4n) is 1.99. The van der Waals surface area contributed by atoms with Gasteiger partial charge in [-0.1, -0.05) is 6.07 Å². The van der Waals surface area contributed by atoms with Crippen molar-refractivity contribution in [1.82, 2.24) is 10.6 Å². The van der Waals surface area contributed by atoms with Crippen LogP contribution in [0, 0.1) is 12.7 Å². The Balaban J connectivity index is 1.89. The van der Waals surface area contributed by atoms with Crippen LogP contribution < -0.4 is 10.6 Å². The molecule has 0 radical (unpaired) electrons. The predicted octanol–water partition coefficient (Wildman–Crippen LogP) is 1.50. The molecule has 1 saturated heterocycles. The number of rotatable bonds is 3. The fourth-order valence-corrected chi connectivity index (χ4v) is 1.99. The molecule has 1 amide bonds. The topological polar surface area (TPSA) is 41.1 Å². The Morgan fingerprint density at radius 1 is 1.53 bits per heavy atom. The minimum Gasteiger partial charge on any atom is -0.355 e. The molecule has 1 aliphatic heterocycles. The number of aryl methyl sites for hydroxylation is 1. The minimum absolute atomic E-state index is 0.116. The average molecular weight is 236 g/mol. The van der Waals surface area contributed by atoms with Crippen molar-refractivity contribution < 1.29 is 9.18 Å². The van der Waals surface area contributed by atoms with E-state index in [4.69, 9.17) is 0 Å². The Morgan fingerprint density at radius 2 is 2.35 bits per heavy atom. The Labute approximate surface area is 100 Å². The van der Waals surface area contributed by atoms with Gasteiger partial charge in [-0.3, -0.25) is 4.79 Å². The summed E-state index contributed by atoms with van der Waals surface area (Å²) in [5.41, 5.74) is 2.06. The third-order valence-corrected chi connectivity index (χ3v) is 3.16. The first-order valence-electron chi connectivity index (χ1n) is 5.90. The summed E-state index contributed by atoms with van der Waals surface area (Å²) >= 11 is 0. The number of hydrogen-bond acceptors (Lipinski definition) is 2. The van der Waals surface area contributed by atoms with Gasteiger partial charge in [-0.15, -0.1) is 0 Å². The Kier molecular flexibility index (Phi) is 3.74. The van der Waals surface area contributed by atoms with Gasteiger partial charge in [0.05, 0.1) is 0 Å². The van der Waals surface area contributed by atoms with Crippen molar-refractivity contribution in [3.05, 3.63) is 35.1 Å². The molecule has 2 rings (SSSR count). The number of hydrogen-bond donors (Lipinski definition) is 2. The summed E-state index contributed by atoms with van der Waals surface area (Å²) in [4.78, 5) is 11.0. The highest BCUT2D eigenvalue weighted by molar-refractivity contribution is 5.76. The van der Waals surface area contributed by atoms with Gasteiger partial charge in [0.15, 0.2) is 0 Å². The van der Waals surface area contributed by atoms with Crippen LogP contribution in [-0.2, 0) is 11.3 Å². The molecule has 0 spiro atoms. The molecule has 0 saturated carbocycles. The maximum Gasteiger partial charge on any atom is 0.220 e. The van der Waals surface area contributed by atoms with Gasteiger partial charge in [-0.2, -0.15) is 0 Å². The van der Waals surface area contributed by atoms with Gasteiger partial charge >= 0.3 is 0 Å². The molecule has 92 valence electrons. The summed E-state index contributed by atoms with van der Waals surface area (Å²) in [6, 6.07) is 5.11. The maximum atomic E-state index is 13.1. The number of amides is 1. The van der Waals surface area contributed by atoms with E-state index >= 15 is 0 Å². The molecular formula is C13H17FN2O. The van der Waals surface area contributed by atoms with Crippen LogP contribution in [-0.4, -0.2) is 18.5 Å². The van der Waals surface area contributed by atoms with Crippen molar-refractivity contribution >= 4 is 5.91 Å². The van der Waals surface area contributed by atoms with Crippen LogP contribution >= 0.6 is 0 Å². The van der Waals surface area contributed by atoms with E-state index in [1.807, 2.05) is 6.92 Å². The second kappa shape index (κ2) is 5.27. The van der Waals surface area contributed by atoms with Crippen molar-refractivity contribution in [2.45, 2.75) is 32.4 Å². The SMILES string of the molecule is Cc1ccc(F)cc1CNC1CCC(=O)NC1. The molecule has 1 aliphatic rings. The molecule has 1 fully saturated rings. The van der Waals surface area contributed by atoms with Gasteiger partial charge < -0.3 is 10.6 Å². The van der Waals surface area contributed by atoms with E-state index in [2.05, 4.69) is 10.6 Å². The number of carbonyl (C=O) groups excluding carboxylic acids is 1. The number of nitrogens with one attached hydrogen (secondary N) is 2. The Bertz CT molecular complexity index is 410. The van der Waals surface area contributed by atoms with Crippen LogP contribution in [0.5, 0.6) is 0 Å². The third-order valence-electron chi connectivity index (χ3n) is 3.16. The summed E-state index contributed by atoms with van der Waals surface area (Å²) in [5, 5.41) is 6.16. The van der Waals surface area contributed by atoms with Crippen molar-refractivity contribution in [3.63, 3.8) is 0 Å². The monoisotopic (exact) mass is 236 g/mol. The van der Waals surface area contributed by atoms with Gasteiger partial charge in [-0.05, 0) is 36.6 Å². The molecule has 1 atom stereocenters. The molecular weight excluding hydrogens is 219 g/mol. The third kappa shape index (κ3) is 3.27. The van der Waals surface area contributed by atoms with E-state index in [1.165, 1.54) is 6.07 Å². The molecule has 0 aliphatic carbocycles. The number of carbonyl (C=O) groups is 1. The van der Waals surface area contributed by atoms with Crippen LogP contribution in [0.2, 0.25) is 0 Å². The predicted molar refractivity (Wildman–Crippen MR) is 64.0 cm³/mol. The van der Waals surface area contributed by atoms with Gasteiger partial charge in [0.25, 0.3) is 0 Å². The van der Waals surface area contributed by atoms with E-state index in [1.54, 1.807) is 12.1 Å². The van der Waals surface area contributed by atoms with E-state index < -0.39 is 0 Å². The summed E-state index contributed by atoms with van der Waals surface area (Å²) in [5.74, 6) is -0.0886. The standard InChI is InChI=1S/C13H17FN2O/c1-9-2-3-11(14)6-10(9)7-15-12-4-5-13(17)16-8-12/h2-3,6,12,15H,4-5,7-8H2,1H3,(H,16,17). The normalized spacial score (nSPS) is 20.1. The smallest absolute Gasteiger partial charge is 0.220 e. The molecule has 0 bridgehead atoms. The summed E-state index contributed by atoms with van der Waals surface area (Å²) in [6.45, 7) is 3.27. The molecule has 4 heteroatoms. The van der Waals surface area contributed by atoms with Gasteiger partial charge in [0.2, 0.25) is 5.91 Å². The molecule has 17 heavy (non-hydrogen) atoms. The van der Waals surface area contributed by atoms with Crippen LogP contribution in [0.1, 0.15) is 24.0 Å². The number of halogens is 1. The summed E-state index contributed by atoms with van der Waals surface area (Å²) < 4.78 is 13.1. The fraction of sp³-hybridized carbons (Fsp3) is 0.462. The van der Waals surface area contributed by atoms with Crippen molar-refractivity contribution in [3.8, 4) is 0 Å². The zero-order valence-electron chi connectivity index (χ0n) is 9.92. The first-order valence-corrected chi connectivity index (χ1v) is 5.90. The zero-order chi connectivity index (χ0) is 12.3. The average Bonchev–Trinajstić information content (AvgIpc) is 2.32. The second-order valence-electron chi connectivity index (χ2n) is 4.49. The van der Waals surface area contributed by atoms with Crippen molar-refractivity contribution in [1.29, 1.82) is 0 Å². The quantitative estimate of drug-likeness (QED) is 0.835. The highest BCUT2D eigenvalue weighted by Gasteiger charge is 2.17. The van der Waals surface area contributed by atoms with Gasteiger partial charge in [0, 0.05) is 25.6 Å². The maximum absolute atomic E-state index is 13.1.